The molecule has 2 rings (SSSR count). The third kappa shape index (κ3) is 5.14. The van der Waals surface area contributed by atoms with Gasteiger partial charge in [0, 0.05) is 13.0 Å². The minimum atomic E-state index is -0.313. The van der Waals surface area contributed by atoms with Crippen LogP contribution in [-0.4, -0.2) is 34.8 Å². The maximum atomic E-state index is 12.9. The predicted octanol–water partition coefficient (Wildman–Crippen LogP) is 3.76. The smallest absolute Gasteiger partial charge is 0.305 e. The lowest BCUT2D eigenvalue weighted by molar-refractivity contribution is -0.140. The minimum Gasteiger partial charge on any atom is -0.469 e. The number of rotatable bonds is 7. The highest BCUT2D eigenvalue weighted by molar-refractivity contribution is 8.26. The third-order valence-corrected chi connectivity index (χ3v) is 4.91. The number of thiocarbonyl (C=S) groups is 1. The zero-order valence-corrected chi connectivity index (χ0v) is 14.9. The second-order valence-corrected chi connectivity index (χ2v) is 6.95. The fraction of sp³-hybridized carbons (Fsp3) is 0.353. The van der Waals surface area contributed by atoms with Crippen LogP contribution in [0.25, 0.3) is 6.08 Å². The van der Waals surface area contributed by atoms with Crippen molar-refractivity contribution in [3.05, 3.63) is 40.6 Å². The number of hydrogen-bond acceptors (Lipinski definition) is 5. The van der Waals surface area contributed by atoms with Gasteiger partial charge in [-0.1, -0.05) is 42.5 Å². The molecule has 0 saturated carbocycles. The van der Waals surface area contributed by atoms with Gasteiger partial charge < -0.3 is 4.74 Å². The SMILES string of the molecule is COC(=O)CCCCCN1C(=O)/C(=C\c2ccc(F)cc2)SC1=S. The van der Waals surface area contributed by atoms with Crippen molar-refractivity contribution in [2.24, 2.45) is 0 Å². The van der Waals surface area contributed by atoms with Crippen LogP contribution in [0, 0.1) is 5.82 Å². The summed E-state index contributed by atoms with van der Waals surface area (Å²) < 4.78 is 18.0. The van der Waals surface area contributed by atoms with E-state index in [0.717, 1.165) is 24.8 Å². The van der Waals surface area contributed by atoms with Crippen molar-refractivity contribution >= 4 is 46.3 Å². The Bertz CT molecular complexity index is 658. The van der Waals surface area contributed by atoms with Gasteiger partial charge in [0.15, 0.2) is 0 Å². The summed E-state index contributed by atoms with van der Waals surface area (Å²) in [6.07, 6.45) is 4.43. The number of esters is 1. The van der Waals surface area contributed by atoms with Crippen molar-refractivity contribution in [3.8, 4) is 0 Å². The first-order valence-electron chi connectivity index (χ1n) is 7.59. The Kier molecular flexibility index (Phi) is 6.93. The van der Waals surface area contributed by atoms with Gasteiger partial charge in [0.1, 0.15) is 10.1 Å². The second kappa shape index (κ2) is 8.94. The summed E-state index contributed by atoms with van der Waals surface area (Å²) in [5.74, 6) is -0.656. The summed E-state index contributed by atoms with van der Waals surface area (Å²) >= 11 is 6.52. The van der Waals surface area contributed by atoms with Crippen LogP contribution in [0.5, 0.6) is 0 Å². The van der Waals surface area contributed by atoms with Crippen molar-refractivity contribution in [1.82, 2.24) is 4.90 Å². The largest absolute Gasteiger partial charge is 0.469 e. The topological polar surface area (TPSA) is 46.6 Å². The zero-order valence-electron chi connectivity index (χ0n) is 13.3. The predicted molar refractivity (Wildman–Crippen MR) is 96.8 cm³/mol. The maximum absolute atomic E-state index is 12.9. The van der Waals surface area contributed by atoms with Crippen LogP contribution in [0.2, 0.25) is 0 Å². The van der Waals surface area contributed by atoms with Crippen molar-refractivity contribution in [1.29, 1.82) is 0 Å². The Morgan fingerprint density at radius 1 is 1.29 bits per heavy atom. The van der Waals surface area contributed by atoms with Crippen LogP contribution >= 0.6 is 24.0 Å². The molecule has 1 aromatic rings. The Labute approximate surface area is 150 Å². The fourth-order valence-corrected chi connectivity index (χ4v) is 3.53. The van der Waals surface area contributed by atoms with Gasteiger partial charge in [-0.3, -0.25) is 14.5 Å². The lowest BCUT2D eigenvalue weighted by atomic mass is 10.2. The minimum absolute atomic E-state index is 0.123. The Morgan fingerprint density at radius 2 is 2.00 bits per heavy atom. The molecular weight excluding hydrogens is 349 g/mol. The van der Waals surface area contributed by atoms with Gasteiger partial charge in [-0.2, -0.15) is 0 Å². The number of methoxy groups -OCH3 is 1. The molecule has 1 aliphatic heterocycles. The number of benzene rings is 1. The van der Waals surface area contributed by atoms with Crippen molar-refractivity contribution in [2.45, 2.75) is 25.7 Å². The molecule has 1 amide bonds. The normalized spacial score (nSPS) is 16.1. The monoisotopic (exact) mass is 367 g/mol. The van der Waals surface area contributed by atoms with E-state index in [0.29, 0.717) is 22.2 Å². The van der Waals surface area contributed by atoms with Gasteiger partial charge >= 0.3 is 5.97 Å². The number of carbonyl (C=O) groups excluding carboxylic acids is 2. The van der Waals surface area contributed by atoms with Crippen LogP contribution < -0.4 is 0 Å². The van der Waals surface area contributed by atoms with Crippen molar-refractivity contribution < 1.29 is 18.7 Å². The van der Waals surface area contributed by atoms with E-state index in [1.165, 1.54) is 31.0 Å². The molecule has 0 atom stereocenters. The molecule has 4 nitrogen and oxygen atoms in total. The van der Waals surface area contributed by atoms with Gasteiger partial charge in [0.25, 0.3) is 5.91 Å². The molecule has 24 heavy (non-hydrogen) atoms. The molecule has 7 heteroatoms. The summed E-state index contributed by atoms with van der Waals surface area (Å²) in [5, 5.41) is 0. The van der Waals surface area contributed by atoms with E-state index >= 15 is 0 Å². The Morgan fingerprint density at radius 3 is 2.67 bits per heavy atom. The van der Waals surface area contributed by atoms with Gasteiger partial charge in [-0.15, -0.1) is 0 Å². The molecule has 0 aliphatic carbocycles. The lowest BCUT2D eigenvalue weighted by Crippen LogP contribution is -2.29. The summed E-state index contributed by atoms with van der Waals surface area (Å²) in [6.45, 7) is 0.534. The maximum Gasteiger partial charge on any atom is 0.305 e. The molecule has 0 aromatic heterocycles. The average molecular weight is 367 g/mol. The number of hydrogen-bond donors (Lipinski definition) is 0. The molecule has 0 bridgehead atoms. The van der Waals surface area contributed by atoms with Gasteiger partial charge in [0.2, 0.25) is 0 Å². The quantitative estimate of drug-likeness (QED) is 0.318. The average Bonchev–Trinajstić information content (AvgIpc) is 2.83. The molecule has 0 unspecified atom stereocenters. The summed E-state index contributed by atoms with van der Waals surface area (Å²) in [4.78, 5) is 25.6. The summed E-state index contributed by atoms with van der Waals surface area (Å²) in [6, 6.07) is 5.95. The zero-order chi connectivity index (χ0) is 17.5. The number of nitrogens with zero attached hydrogens (tertiary/aromatic N) is 1. The standard InChI is InChI=1S/C17H18FNO3S2/c1-22-15(20)5-3-2-4-10-19-16(21)14(24-17(19)23)11-12-6-8-13(18)9-7-12/h6-9,11H,2-5,10H2,1H3/b14-11+. The van der Waals surface area contributed by atoms with Crippen molar-refractivity contribution in [2.75, 3.05) is 13.7 Å². The highest BCUT2D eigenvalue weighted by atomic mass is 32.2. The molecular formula is C17H18FNO3S2. The lowest BCUT2D eigenvalue weighted by Gasteiger charge is -2.13. The van der Waals surface area contributed by atoms with Crippen LogP contribution in [-0.2, 0) is 14.3 Å². The first kappa shape index (κ1) is 18.6. The molecule has 128 valence electrons. The molecule has 0 spiro atoms. The van der Waals surface area contributed by atoms with Crippen molar-refractivity contribution in [3.63, 3.8) is 0 Å². The number of thioether (sulfide) groups is 1. The number of amides is 1. The van der Waals surface area contributed by atoms with Crippen LogP contribution in [0.15, 0.2) is 29.2 Å². The number of carbonyl (C=O) groups is 2. The first-order valence-corrected chi connectivity index (χ1v) is 8.81. The van der Waals surface area contributed by atoms with Crippen LogP contribution in [0.3, 0.4) is 0 Å². The molecule has 0 radical (unpaired) electrons. The number of ether oxygens (including phenoxy) is 1. The third-order valence-electron chi connectivity index (χ3n) is 3.53. The fourth-order valence-electron chi connectivity index (χ4n) is 2.22. The van der Waals surface area contributed by atoms with Crippen LogP contribution in [0.4, 0.5) is 4.39 Å². The second-order valence-electron chi connectivity index (χ2n) is 5.27. The summed E-state index contributed by atoms with van der Waals surface area (Å²) in [5.41, 5.74) is 0.759. The highest BCUT2D eigenvalue weighted by Gasteiger charge is 2.31. The van der Waals surface area contributed by atoms with E-state index in [-0.39, 0.29) is 17.7 Å². The molecule has 1 fully saturated rings. The van der Waals surface area contributed by atoms with Crippen LogP contribution in [0.1, 0.15) is 31.2 Å². The van der Waals surface area contributed by atoms with Gasteiger partial charge in [-0.05, 0) is 36.6 Å². The van der Waals surface area contributed by atoms with E-state index in [1.54, 1.807) is 23.1 Å². The molecule has 0 N–H and O–H groups in total. The van der Waals surface area contributed by atoms with Gasteiger partial charge in [0.05, 0.1) is 12.0 Å². The van der Waals surface area contributed by atoms with E-state index < -0.39 is 0 Å². The number of halogens is 1. The molecule has 1 aliphatic rings. The Balaban J connectivity index is 1.87. The van der Waals surface area contributed by atoms with E-state index in [2.05, 4.69) is 4.74 Å². The molecule has 1 saturated heterocycles. The van der Waals surface area contributed by atoms with E-state index in [4.69, 9.17) is 12.2 Å². The molecule has 1 heterocycles. The van der Waals surface area contributed by atoms with E-state index in [9.17, 15) is 14.0 Å². The van der Waals surface area contributed by atoms with E-state index in [1.807, 2.05) is 0 Å². The summed E-state index contributed by atoms with van der Waals surface area (Å²) in [7, 11) is 1.37. The number of unbranched alkanes of at least 4 members (excludes halogenated alkanes) is 2. The highest BCUT2D eigenvalue weighted by Crippen LogP contribution is 2.32. The molecule has 1 aromatic carbocycles. The van der Waals surface area contributed by atoms with Gasteiger partial charge in [-0.25, -0.2) is 4.39 Å². The Hall–Kier alpha value is -1.73. The first-order chi connectivity index (χ1) is 11.5.